The molecule has 4 aromatic carbocycles. The van der Waals surface area contributed by atoms with Gasteiger partial charge in [-0.05, 0) is 71.5 Å². The van der Waals surface area contributed by atoms with Crippen LogP contribution in [0, 0.1) is 5.92 Å². The lowest BCUT2D eigenvalue weighted by molar-refractivity contribution is -0.139. The topological polar surface area (TPSA) is 101 Å². The van der Waals surface area contributed by atoms with Gasteiger partial charge in [-0.1, -0.05) is 89.6 Å². The number of aryl methyl sites for hydroxylation is 1. The van der Waals surface area contributed by atoms with Crippen molar-refractivity contribution in [3.05, 3.63) is 135 Å². The van der Waals surface area contributed by atoms with Gasteiger partial charge in [-0.2, -0.15) is 0 Å². The van der Waals surface area contributed by atoms with Gasteiger partial charge in [0.1, 0.15) is 0 Å². The van der Waals surface area contributed by atoms with Gasteiger partial charge in [0.05, 0.1) is 30.6 Å². The first kappa shape index (κ1) is 33.0. The summed E-state index contributed by atoms with van der Waals surface area (Å²) in [6.07, 6.45) is 5.24. The predicted octanol–water partition coefficient (Wildman–Crippen LogP) is 6.32. The molecule has 9 heteroatoms. The normalized spacial score (nSPS) is 20.7. The summed E-state index contributed by atoms with van der Waals surface area (Å²) < 4.78 is 0.732. The number of hydrogen-bond acceptors (Lipinski definition) is 5. The van der Waals surface area contributed by atoms with Crippen LogP contribution in [-0.2, 0) is 45.9 Å². The highest BCUT2D eigenvalue weighted by Crippen LogP contribution is 2.47. The molecule has 0 bridgehead atoms. The van der Waals surface area contributed by atoms with Crippen LogP contribution in [0.5, 0.6) is 0 Å². The van der Waals surface area contributed by atoms with Crippen LogP contribution in [0.25, 0.3) is 0 Å². The lowest BCUT2D eigenvalue weighted by Crippen LogP contribution is -2.46. The molecule has 0 aliphatic carbocycles. The van der Waals surface area contributed by atoms with E-state index in [1.165, 1.54) is 0 Å². The number of nitrogens with zero attached hydrogens (tertiary/aromatic N) is 3. The van der Waals surface area contributed by atoms with E-state index < -0.39 is 17.4 Å². The number of anilines is 3. The van der Waals surface area contributed by atoms with Crippen molar-refractivity contribution in [2.75, 3.05) is 16.4 Å². The summed E-state index contributed by atoms with van der Waals surface area (Å²) in [4.78, 5) is 45.8. The fraction of sp³-hybridized carbons (Fsp3) is 0.275. The molecule has 3 atom stereocenters. The molecule has 250 valence electrons. The maximum atomic E-state index is 14.2. The average Bonchev–Trinajstić information content (AvgIpc) is 3.32. The van der Waals surface area contributed by atoms with Gasteiger partial charge in [-0.25, -0.2) is 0 Å². The molecule has 0 saturated heterocycles. The van der Waals surface area contributed by atoms with E-state index in [0.717, 1.165) is 38.1 Å². The molecule has 3 amide bonds. The quantitative estimate of drug-likeness (QED) is 0.208. The van der Waals surface area contributed by atoms with Crippen molar-refractivity contribution < 1.29 is 24.6 Å². The summed E-state index contributed by atoms with van der Waals surface area (Å²) in [5.41, 5.74) is 4.97. The third-order valence-electron chi connectivity index (χ3n) is 10.1. The van der Waals surface area contributed by atoms with E-state index in [2.05, 4.69) is 15.9 Å². The Labute approximate surface area is 294 Å². The highest BCUT2D eigenvalue weighted by molar-refractivity contribution is 9.10. The molecule has 0 saturated carbocycles. The van der Waals surface area contributed by atoms with Crippen LogP contribution in [0.4, 0.5) is 17.1 Å². The van der Waals surface area contributed by atoms with Gasteiger partial charge < -0.3 is 20.0 Å². The Kier molecular flexibility index (Phi) is 9.00. The smallest absolute Gasteiger partial charge is 0.264 e. The first-order valence-electron chi connectivity index (χ1n) is 16.7. The molecular formula is C40H38BrN3O5. The lowest BCUT2D eigenvalue weighted by Gasteiger charge is -2.36. The highest BCUT2D eigenvalue weighted by atomic mass is 79.9. The van der Waals surface area contributed by atoms with Crippen molar-refractivity contribution in [1.82, 2.24) is 4.90 Å². The maximum absolute atomic E-state index is 14.2. The summed E-state index contributed by atoms with van der Waals surface area (Å²) in [6.45, 7) is 2.28. The van der Waals surface area contributed by atoms with Crippen molar-refractivity contribution in [2.45, 2.75) is 57.3 Å². The van der Waals surface area contributed by atoms with Crippen molar-refractivity contribution in [3.63, 3.8) is 0 Å². The fourth-order valence-electron chi connectivity index (χ4n) is 7.44. The first-order chi connectivity index (χ1) is 23.7. The van der Waals surface area contributed by atoms with E-state index in [1.54, 1.807) is 39.8 Å². The maximum Gasteiger partial charge on any atom is 0.264 e. The van der Waals surface area contributed by atoms with E-state index in [9.17, 15) is 24.6 Å². The summed E-state index contributed by atoms with van der Waals surface area (Å²) in [5.74, 6) is -1.22. The molecule has 3 aliphatic rings. The molecule has 0 unspecified atom stereocenters. The number of hydrogen-bond donors (Lipinski definition) is 2. The number of benzene rings is 4. The lowest BCUT2D eigenvalue weighted by atomic mass is 9.83. The largest absolute Gasteiger partial charge is 0.394 e. The minimum absolute atomic E-state index is 0.0220. The van der Waals surface area contributed by atoms with Crippen LogP contribution >= 0.6 is 15.9 Å². The van der Waals surface area contributed by atoms with Gasteiger partial charge in [-0.3, -0.25) is 19.3 Å². The number of aliphatic hydroxyl groups excluding tert-OH is 1. The van der Waals surface area contributed by atoms with Gasteiger partial charge in [0, 0.05) is 41.0 Å². The number of aliphatic hydroxyl groups is 2. The molecule has 49 heavy (non-hydrogen) atoms. The molecule has 7 rings (SSSR count). The van der Waals surface area contributed by atoms with Gasteiger partial charge in [0.15, 0.2) is 5.60 Å². The highest BCUT2D eigenvalue weighted by Gasteiger charge is 2.52. The van der Waals surface area contributed by atoms with Gasteiger partial charge in [-0.15, -0.1) is 0 Å². The Bertz CT molecular complexity index is 1980. The van der Waals surface area contributed by atoms with Gasteiger partial charge >= 0.3 is 0 Å². The van der Waals surface area contributed by atoms with Crippen molar-refractivity contribution in [3.8, 4) is 0 Å². The number of fused-ring (bicyclic) bond motifs is 3. The van der Waals surface area contributed by atoms with Crippen molar-refractivity contribution >= 4 is 50.7 Å². The number of carbonyl (C=O) groups is 3. The predicted molar refractivity (Wildman–Crippen MR) is 192 cm³/mol. The number of halogens is 1. The third kappa shape index (κ3) is 6.00. The van der Waals surface area contributed by atoms with E-state index in [-0.39, 0.29) is 37.4 Å². The van der Waals surface area contributed by atoms with Gasteiger partial charge in [0.2, 0.25) is 11.8 Å². The standard InChI is InChI=1S/C40H38BrN3O5/c1-26(8-6-15-37(46)42-24-30-12-3-2-11-29(30)21-33(42)25-45)40(49)34-22-31(41)17-18-36(34)43(39(40)48)23-27-9-7-13-32(20-27)44-35-14-5-4-10-28(35)16-19-38(44)47/h2-14,17-18,20,22,26,33,45,49H,15-16,19,21,23-25H2,1H3/b8-6+/t26-,33-,40+/m0/s1. The average molecular weight is 721 g/mol. The minimum Gasteiger partial charge on any atom is -0.394 e. The van der Waals surface area contributed by atoms with E-state index in [4.69, 9.17) is 0 Å². The Morgan fingerprint density at radius 2 is 1.69 bits per heavy atom. The molecule has 0 radical (unpaired) electrons. The number of amides is 3. The zero-order chi connectivity index (χ0) is 34.3. The molecule has 4 aromatic rings. The molecule has 0 spiro atoms. The van der Waals surface area contributed by atoms with Crippen LogP contribution in [-0.4, -0.2) is 45.5 Å². The third-order valence-corrected chi connectivity index (χ3v) is 10.6. The molecule has 0 aromatic heterocycles. The molecule has 3 heterocycles. The van der Waals surface area contributed by atoms with Crippen LogP contribution in [0.1, 0.15) is 47.6 Å². The SMILES string of the molecule is C[C@@H](/C=C/CC(=O)N1Cc2ccccc2C[C@H]1CO)[C@]1(O)C(=O)N(Cc2cccc(N3C(=O)CCc4ccccc43)c2)c2ccc(Br)cc21. The fourth-order valence-corrected chi connectivity index (χ4v) is 7.80. The zero-order valence-corrected chi connectivity index (χ0v) is 28.8. The molecule has 3 aliphatic heterocycles. The summed E-state index contributed by atoms with van der Waals surface area (Å²) in [6, 6.07) is 28.6. The van der Waals surface area contributed by atoms with Gasteiger partial charge in [0.25, 0.3) is 5.91 Å². The van der Waals surface area contributed by atoms with E-state index >= 15 is 0 Å². The summed E-state index contributed by atoms with van der Waals surface area (Å²) in [7, 11) is 0. The minimum atomic E-state index is -1.87. The second kappa shape index (κ2) is 13.4. The van der Waals surface area contributed by atoms with Crippen molar-refractivity contribution in [2.24, 2.45) is 5.92 Å². The monoisotopic (exact) mass is 719 g/mol. The zero-order valence-electron chi connectivity index (χ0n) is 27.3. The summed E-state index contributed by atoms with van der Waals surface area (Å²) >= 11 is 3.52. The molecule has 2 N–H and O–H groups in total. The van der Waals surface area contributed by atoms with E-state index in [0.29, 0.717) is 37.1 Å². The molecule has 0 fully saturated rings. The Hall–Kier alpha value is -4.57. The second-order valence-corrected chi connectivity index (χ2v) is 14.0. The van der Waals surface area contributed by atoms with E-state index in [1.807, 2.05) is 84.9 Å². The van der Waals surface area contributed by atoms with Crippen LogP contribution in [0.3, 0.4) is 0 Å². The molecular weight excluding hydrogens is 682 g/mol. The number of rotatable bonds is 8. The Morgan fingerprint density at radius 1 is 0.939 bits per heavy atom. The van der Waals surface area contributed by atoms with Crippen LogP contribution in [0.2, 0.25) is 0 Å². The Morgan fingerprint density at radius 3 is 2.49 bits per heavy atom. The van der Waals surface area contributed by atoms with Crippen molar-refractivity contribution in [1.29, 1.82) is 0 Å². The second-order valence-electron chi connectivity index (χ2n) is 13.1. The first-order valence-corrected chi connectivity index (χ1v) is 17.5. The van der Waals surface area contributed by atoms with Crippen LogP contribution in [0.15, 0.2) is 108 Å². The Balaban J connectivity index is 1.11. The molecule has 8 nitrogen and oxygen atoms in total. The van der Waals surface area contributed by atoms with Crippen LogP contribution < -0.4 is 9.80 Å². The number of carbonyl (C=O) groups excluding carboxylic acids is 3. The number of para-hydroxylation sites is 1. The summed E-state index contributed by atoms with van der Waals surface area (Å²) in [5, 5.41) is 22.2.